The Kier molecular flexibility index (Phi) is 6.42. The number of hydrogen-bond acceptors (Lipinski definition) is 4. The van der Waals surface area contributed by atoms with Crippen LogP contribution in [-0.2, 0) is 21.1 Å². The molecule has 0 fully saturated rings. The number of carbonyl (C=O) groups is 1. The van der Waals surface area contributed by atoms with Gasteiger partial charge in [0, 0.05) is 18.9 Å². The highest BCUT2D eigenvalue weighted by Gasteiger charge is 2.05. The van der Waals surface area contributed by atoms with Crippen molar-refractivity contribution in [2.75, 3.05) is 25.7 Å². The van der Waals surface area contributed by atoms with E-state index in [1.54, 1.807) is 7.11 Å². The molecule has 0 aliphatic heterocycles. The predicted molar refractivity (Wildman–Crippen MR) is 83.2 cm³/mol. The van der Waals surface area contributed by atoms with Crippen LogP contribution in [0.25, 0.3) is 0 Å². The predicted octanol–water partition coefficient (Wildman–Crippen LogP) is 1.34. The highest BCUT2D eigenvalue weighted by molar-refractivity contribution is 7.90. The first-order chi connectivity index (χ1) is 9.81. The van der Waals surface area contributed by atoms with Gasteiger partial charge in [-0.05, 0) is 25.0 Å². The quantitative estimate of drug-likeness (QED) is 0.771. The largest absolute Gasteiger partial charge is 0.496 e. The monoisotopic (exact) mass is 311 g/mol. The summed E-state index contributed by atoms with van der Waals surface area (Å²) in [4.78, 5) is 11.7. The summed E-state index contributed by atoms with van der Waals surface area (Å²) in [5.74, 6) is 0.437. The summed E-state index contributed by atoms with van der Waals surface area (Å²) in [5.41, 5.74) is 1.87. The maximum atomic E-state index is 11.7. The second kappa shape index (κ2) is 7.83. The number of benzene rings is 1. The van der Waals surface area contributed by atoms with Crippen LogP contribution < -0.4 is 10.1 Å². The van der Waals surface area contributed by atoms with Crippen molar-refractivity contribution in [1.29, 1.82) is 0 Å². The van der Waals surface area contributed by atoms with Crippen molar-refractivity contribution in [3.05, 3.63) is 41.5 Å². The lowest BCUT2D eigenvalue weighted by Gasteiger charge is -2.08. The number of sulfone groups is 1. The zero-order valence-corrected chi connectivity index (χ0v) is 13.4. The van der Waals surface area contributed by atoms with Crippen molar-refractivity contribution in [3.8, 4) is 5.75 Å². The van der Waals surface area contributed by atoms with E-state index in [0.29, 0.717) is 6.42 Å². The normalized spacial score (nSPS) is 12.0. The van der Waals surface area contributed by atoms with Crippen LogP contribution in [0.2, 0.25) is 0 Å². The van der Waals surface area contributed by atoms with E-state index in [4.69, 9.17) is 4.74 Å². The summed E-state index contributed by atoms with van der Waals surface area (Å²) in [6, 6.07) is 7.61. The van der Waals surface area contributed by atoms with Gasteiger partial charge in [-0.3, -0.25) is 4.79 Å². The molecule has 1 N–H and O–H groups in total. The van der Waals surface area contributed by atoms with E-state index in [0.717, 1.165) is 23.1 Å². The lowest BCUT2D eigenvalue weighted by atomic mass is 10.1. The van der Waals surface area contributed by atoms with E-state index >= 15 is 0 Å². The van der Waals surface area contributed by atoms with E-state index in [1.807, 2.05) is 31.2 Å². The van der Waals surface area contributed by atoms with Crippen LogP contribution in [-0.4, -0.2) is 40.0 Å². The van der Waals surface area contributed by atoms with E-state index in [-0.39, 0.29) is 18.2 Å². The van der Waals surface area contributed by atoms with Gasteiger partial charge in [0.1, 0.15) is 15.6 Å². The Bertz CT molecular complexity index is 620. The fraction of sp³-hybridized carbons (Fsp3) is 0.400. The van der Waals surface area contributed by atoms with Crippen LogP contribution in [0.4, 0.5) is 0 Å². The molecule has 116 valence electrons. The molecule has 0 aromatic heterocycles. The van der Waals surface area contributed by atoms with Gasteiger partial charge in [-0.15, -0.1) is 0 Å². The van der Waals surface area contributed by atoms with Gasteiger partial charge in [-0.25, -0.2) is 8.42 Å². The summed E-state index contributed by atoms with van der Waals surface area (Å²) in [6.07, 6.45) is 3.22. The van der Waals surface area contributed by atoms with Crippen molar-refractivity contribution in [1.82, 2.24) is 5.32 Å². The van der Waals surface area contributed by atoms with Gasteiger partial charge in [0.25, 0.3) is 0 Å². The molecule has 6 heteroatoms. The maximum Gasteiger partial charge on any atom is 0.243 e. The Hall–Kier alpha value is -1.82. The van der Waals surface area contributed by atoms with Gasteiger partial charge in [-0.1, -0.05) is 23.8 Å². The number of rotatable bonds is 7. The average molecular weight is 311 g/mol. The van der Waals surface area contributed by atoms with Crippen LogP contribution in [0.1, 0.15) is 12.5 Å². The Morgan fingerprint density at radius 1 is 1.33 bits per heavy atom. The lowest BCUT2D eigenvalue weighted by Crippen LogP contribution is -2.27. The molecular formula is C15H21NO4S. The number of para-hydroxylation sites is 1. The molecule has 0 heterocycles. The fourth-order valence-corrected chi connectivity index (χ4v) is 2.31. The summed E-state index contributed by atoms with van der Waals surface area (Å²) < 4.78 is 27.2. The van der Waals surface area contributed by atoms with Crippen molar-refractivity contribution >= 4 is 15.7 Å². The highest BCUT2D eigenvalue weighted by Crippen LogP contribution is 2.20. The minimum absolute atomic E-state index is 0.0574. The average Bonchev–Trinajstić information content (AvgIpc) is 2.37. The van der Waals surface area contributed by atoms with Gasteiger partial charge in [-0.2, -0.15) is 0 Å². The number of hydrogen-bond donors (Lipinski definition) is 1. The summed E-state index contributed by atoms with van der Waals surface area (Å²) in [7, 11) is -1.45. The van der Waals surface area contributed by atoms with Crippen LogP contribution in [0.15, 0.2) is 35.9 Å². The Morgan fingerprint density at radius 3 is 2.62 bits per heavy atom. The molecule has 21 heavy (non-hydrogen) atoms. The van der Waals surface area contributed by atoms with Crippen LogP contribution >= 0.6 is 0 Å². The van der Waals surface area contributed by atoms with Gasteiger partial charge in [0.15, 0.2) is 0 Å². The molecule has 0 atom stereocenters. The highest BCUT2D eigenvalue weighted by atomic mass is 32.2. The molecule has 1 aromatic rings. The van der Waals surface area contributed by atoms with Gasteiger partial charge < -0.3 is 10.1 Å². The first-order valence-corrected chi connectivity index (χ1v) is 8.62. The van der Waals surface area contributed by atoms with Crippen LogP contribution in [0.3, 0.4) is 0 Å². The molecule has 0 spiro atoms. The summed E-state index contributed by atoms with van der Waals surface area (Å²) in [5, 5.41) is 2.56. The minimum Gasteiger partial charge on any atom is -0.496 e. The second-order valence-electron chi connectivity index (χ2n) is 4.90. The number of ether oxygens (including phenoxy) is 1. The SMILES string of the molecule is COc1ccccc1C/C(C)=C\C(=O)NCCS(C)(=O)=O. The van der Waals surface area contributed by atoms with E-state index < -0.39 is 9.84 Å². The molecule has 1 rings (SSSR count). The lowest BCUT2D eigenvalue weighted by molar-refractivity contribution is -0.116. The third kappa shape index (κ3) is 6.94. The molecule has 0 radical (unpaired) electrons. The zero-order chi connectivity index (χ0) is 15.9. The van der Waals surface area contributed by atoms with Crippen LogP contribution in [0, 0.1) is 0 Å². The molecule has 0 bridgehead atoms. The van der Waals surface area contributed by atoms with E-state index in [2.05, 4.69) is 5.32 Å². The molecule has 0 saturated heterocycles. The van der Waals surface area contributed by atoms with Gasteiger partial charge in [0.05, 0.1) is 12.9 Å². The number of carbonyl (C=O) groups excluding carboxylic acids is 1. The number of nitrogens with one attached hydrogen (secondary N) is 1. The first-order valence-electron chi connectivity index (χ1n) is 6.56. The minimum atomic E-state index is -3.06. The van der Waals surface area contributed by atoms with Gasteiger partial charge >= 0.3 is 0 Å². The topological polar surface area (TPSA) is 72.5 Å². The zero-order valence-electron chi connectivity index (χ0n) is 12.5. The third-order valence-electron chi connectivity index (χ3n) is 2.81. The maximum absolute atomic E-state index is 11.7. The Labute approximate surface area is 125 Å². The molecule has 0 aliphatic carbocycles. The molecule has 0 aliphatic rings. The second-order valence-corrected chi connectivity index (χ2v) is 7.16. The summed E-state index contributed by atoms with van der Waals surface area (Å²) in [6.45, 7) is 1.97. The number of methoxy groups -OCH3 is 1. The van der Waals surface area contributed by atoms with Crippen LogP contribution in [0.5, 0.6) is 5.75 Å². The van der Waals surface area contributed by atoms with Crippen molar-refractivity contribution < 1.29 is 17.9 Å². The molecule has 1 amide bonds. The molecule has 5 nitrogen and oxygen atoms in total. The first kappa shape index (κ1) is 17.2. The van der Waals surface area contributed by atoms with Crippen molar-refractivity contribution in [3.63, 3.8) is 0 Å². The van der Waals surface area contributed by atoms with E-state index in [9.17, 15) is 13.2 Å². The summed E-state index contributed by atoms with van der Waals surface area (Å²) >= 11 is 0. The molecular weight excluding hydrogens is 290 g/mol. The molecule has 0 saturated carbocycles. The Balaban J connectivity index is 2.58. The Morgan fingerprint density at radius 2 is 2.00 bits per heavy atom. The van der Waals surface area contributed by atoms with Crippen molar-refractivity contribution in [2.24, 2.45) is 0 Å². The fourth-order valence-electron chi connectivity index (χ4n) is 1.83. The van der Waals surface area contributed by atoms with Gasteiger partial charge in [0.2, 0.25) is 5.91 Å². The smallest absolute Gasteiger partial charge is 0.243 e. The number of amides is 1. The standard InChI is InChI=1S/C15H21NO4S/c1-12(10-13-6-4-5-7-14(13)20-2)11-15(17)16-8-9-21(3,18)19/h4-7,11H,8-10H2,1-3H3,(H,16,17)/b12-11-. The number of allylic oxidation sites excluding steroid dienone is 1. The van der Waals surface area contributed by atoms with Crippen molar-refractivity contribution in [2.45, 2.75) is 13.3 Å². The third-order valence-corrected chi connectivity index (χ3v) is 3.76. The van der Waals surface area contributed by atoms with E-state index in [1.165, 1.54) is 6.08 Å². The molecule has 0 unspecified atom stereocenters. The molecule has 1 aromatic carbocycles.